The number of hydrogen-bond donors (Lipinski definition) is 1. The van der Waals surface area contributed by atoms with Gasteiger partial charge in [-0.3, -0.25) is 0 Å². The third-order valence-electron chi connectivity index (χ3n) is 3.21. The van der Waals surface area contributed by atoms with Crippen molar-refractivity contribution in [2.45, 2.75) is 26.7 Å². The molecule has 6 heteroatoms. The van der Waals surface area contributed by atoms with Gasteiger partial charge in [-0.05, 0) is 25.1 Å². The predicted molar refractivity (Wildman–Crippen MR) is 88.8 cm³/mol. The maximum absolute atomic E-state index is 6.21. The molecule has 0 bridgehead atoms. The highest BCUT2D eigenvalue weighted by Crippen LogP contribution is 2.28. The Morgan fingerprint density at radius 3 is 2.81 bits per heavy atom. The van der Waals surface area contributed by atoms with Crippen molar-refractivity contribution in [2.75, 3.05) is 5.32 Å². The van der Waals surface area contributed by atoms with Crippen LogP contribution >= 0.6 is 22.9 Å². The van der Waals surface area contributed by atoms with Gasteiger partial charge in [0.25, 0.3) is 0 Å². The smallest absolute Gasteiger partial charge is 0.138 e. The SMILES string of the molecule is Cc1c(Cl)nc(C(C)C)nc1Nc1ccc2ncsc2c1. The maximum Gasteiger partial charge on any atom is 0.138 e. The molecule has 2 aromatic heterocycles. The first-order valence-electron chi connectivity index (χ1n) is 6.69. The highest BCUT2D eigenvalue weighted by molar-refractivity contribution is 7.16. The van der Waals surface area contributed by atoms with Gasteiger partial charge in [-0.15, -0.1) is 11.3 Å². The number of nitrogens with one attached hydrogen (secondary N) is 1. The van der Waals surface area contributed by atoms with E-state index in [1.54, 1.807) is 11.3 Å². The normalized spacial score (nSPS) is 11.3. The molecule has 0 fully saturated rings. The molecule has 108 valence electrons. The fourth-order valence-corrected chi connectivity index (χ4v) is 2.85. The number of benzene rings is 1. The predicted octanol–water partition coefficient (Wildman–Crippen LogP) is 4.92. The lowest BCUT2D eigenvalue weighted by atomic mass is 10.2. The first kappa shape index (κ1) is 14.2. The molecule has 0 saturated carbocycles. The van der Waals surface area contributed by atoms with Gasteiger partial charge in [0.05, 0.1) is 15.7 Å². The van der Waals surface area contributed by atoms with E-state index < -0.39 is 0 Å². The number of hydrogen-bond acceptors (Lipinski definition) is 5. The Morgan fingerprint density at radius 2 is 2.05 bits per heavy atom. The summed E-state index contributed by atoms with van der Waals surface area (Å²) in [6.45, 7) is 6.02. The van der Waals surface area contributed by atoms with E-state index in [-0.39, 0.29) is 5.92 Å². The number of thiazole rings is 1. The Hall–Kier alpha value is -1.72. The van der Waals surface area contributed by atoms with Gasteiger partial charge >= 0.3 is 0 Å². The third-order valence-corrected chi connectivity index (χ3v) is 4.37. The van der Waals surface area contributed by atoms with Crippen molar-refractivity contribution in [3.8, 4) is 0 Å². The van der Waals surface area contributed by atoms with Gasteiger partial charge in [-0.25, -0.2) is 15.0 Å². The average Bonchev–Trinajstić information content (AvgIpc) is 2.91. The van der Waals surface area contributed by atoms with Gasteiger partial charge in [-0.2, -0.15) is 0 Å². The molecule has 1 N–H and O–H groups in total. The van der Waals surface area contributed by atoms with Gasteiger partial charge in [0.1, 0.15) is 16.8 Å². The lowest BCUT2D eigenvalue weighted by molar-refractivity contribution is 0.773. The largest absolute Gasteiger partial charge is 0.340 e. The second-order valence-corrected chi connectivity index (χ2v) is 6.41. The summed E-state index contributed by atoms with van der Waals surface area (Å²) < 4.78 is 1.14. The van der Waals surface area contributed by atoms with Gasteiger partial charge in [0.2, 0.25) is 0 Å². The van der Waals surface area contributed by atoms with E-state index in [1.807, 2.05) is 38.4 Å². The van der Waals surface area contributed by atoms with Gasteiger partial charge in [-0.1, -0.05) is 25.4 Å². The molecule has 1 aromatic carbocycles. The van der Waals surface area contributed by atoms with E-state index in [2.05, 4.69) is 26.3 Å². The molecule has 0 unspecified atom stereocenters. The van der Waals surface area contributed by atoms with Crippen LogP contribution in [-0.4, -0.2) is 15.0 Å². The van der Waals surface area contributed by atoms with E-state index in [0.717, 1.165) is 33.1 Å². The molecule has 0 amide bonds. The number of anilines is 2. The van der Waals surface area contributed by atoms with E-state index in [1.165, 1.54) is 0 Å². The Morgan fingerprint density at radius 1 is 1.24 bits per heavy atom. The third kappa shape index (κ3) is 2.84. The Kier molecular flexibility index (Phi) is 3.78. The first-order valence-corrected chi connectivity index (χ1v) is 7.94. The van der Waals surface area contributed by atoms with Crippen LogP contribution < -0.4 is 5.32 Å². The van der Waals surface area contributed by atoms with Crippen LogP contribution in [0.25, 0.3) is 10.2 Å². The Bertz CT molecular complexity index is 797. The minimum absolute atomic E-state index is 0.229. The zero-order valence-corrected chi connectivity index (χ0v) is 13.6. The molecule has 3 aromatic rings. The summed E-state index contributed by atoms with van der Waals surface area (Å²) in [6, 6.07) is 6.06. The summed E-state index contributed by atoms with van der Waals surface area (Å²) in [7, 11) is 0. The van der Waals surface area contributed by atoms with Crippen molar-refractivity contribution >= 4 is 44.7 Å². The highest BCUT2D eigenvalue weighted by atomic mass is 35.5. The molecule has 0 aliphatic heterocycles. The molecule has 3 rings (SSSR count). The Balaban J connectivity index is 1.99. The summed E-state index contributed by atoms with van der Waals surface area (Å²) in [5.74, 6) is 1.72. The molecule has 0 radical (unpaired) electrons. The van der Waals surface area contributed by atoms with Crippen LogP contribution in [0.1, 0.15) is 31.2 Å². The molecule has 0 spiro atoms. The van der Waals surface area contributed by atoms with Crippen LogP contribution in [0, 0.1) is 6.92 Å². The van der Waals surface area contributed by atoms with Crippen molar-refractivity contribution in [2.24, 2.45) is 0 Å². The Labute approximate surface area is 132 Å². The second-order valence-electron chi connectivity index (χ2n) is 5.16. The number of aromatic nitrogens is 3. The van der Waals surface area contributed by atoms with Gasteiger partial charge < -0.3 is 5.32 Å². The molecule has 21 heavy (non-hydrogen) atoms. The number of halogens is 1. The molecular formula is C15H15ClN4S. The van der Waals surface area contributed by atoms with E-state index in [0.29, 0.717) is 5.15 Å². The quantitative estimate of drug-likeness (QED) is 0.697. The topological polar surface area (TPSA) is 50.7 Å². The standard InChI is InChI=1S/C15H15ClN4S/c1-8(2)14-19-13(16)9(3)15(20-14)18-10-4-5-11-12(6-10)21-7-17-11/h4-8H,1-3H3,(H,18,19,20). The zero-order valence-electron chi connectivity index (χ0n) is 12.0. The molecule has 0 aliphatic rings. The number of rotatable bonds is 3. The van der Waals surface area contributed by atoms with E-state index in [9.17, 15) is 0 Å². The lowest BCUT2D eigenvalue weighted by Crippen LogP contribution is -2.05. The zero-order chi connectivity index (χ0) is 15.0. The first-order chi connectivity index (χ1) is 10.0. The van der Waals surface area contributed by atoms with Crippen LogP contribution in [0.5, 0.6) is 0 Å². The van der Waals surface area contributed by atoms with Crippen molar-refractivity contribution in [1.82, 2.24) is 15.0 Å². The molecule has 2 heterocycles. The van der Waals surface area contributed by atoms with Crippen LogP contribution in [0.3, 0.4) is 0 Å². The fourth-order valence-electron chi connectivity index (χ4n) is 1.95. The maximum atomic E-state index is 6.21. The summed E-state index contributed by atoms with van der Waals surface area (Å²) in [6.07, 6.45) is 0. The number of nitrogens with zero attached hydrogens (tertiary/aromatic N) is 3. The van der Waals surface area contributed by atoms with Crippen LogP contribution in [0.2, 0.25) is 5.15 Å². The van der Waals surface area contributed by atoms with Crippen molar-refractivity contribution in [3.63, 3.8) is 0 Å². The minimum Gasteiger partial charge on any atom is -0.340 e. The minimum atomic E-state index is 0.229. The van der Waals surface area contributed by atoms with Gasteiger partial charge in [0, 0.05) is 17.2 Å². The monoisotopic (exact) mass is 318 g/mol. The van der Waals surface area contributed by atoms with E-state index in [4.69, 9.17) is 11.6 Å². The molecule has 0 saturated heterocycles. The van der Waals surface area contributed by atoms with Crippen molar-refractivity contribution in [1.29, 1.82) is 0 Å². The average molecular weight is 319 g/mol. The van der Waals surface area contributed by atoms with Crippen molar-refractivity contribution in [3.05, 3.63) is 40.3 Å². The second kappa shape index (κ2) is 5.58. The summed E-state index contributed by atoms with van der Waals surface area (Å²) in [5.41, 5.74) is 4.67. The van der Waals surface area contributed by atoms with Crippen molar-refractivity contribution < 1.29 is 0 Å². The van der Waals surface area contributed by atoms with E-state index >= 15 is 0 Å². The fraction of sp³-hybridized carbons (Fsp3) is 0.267. The lowest BCUT2D eigenvalue weighted by Gasteiger charge is -2.13. The number of fused-ring (bicyclic) bond motifs is 1. The van der Waals surface area contributed by atoms with Gasteiger partial charge in [0.15, 0.2) is 0 Å². The highest BCUT2D eigenvalue weighted by Gasteiger charge is 2.12. The van der Waals surface area contributed by atoms with Crippen LogP contribution in [0.15, 0.2) is 23.7 Å². The molecule has 0 atom stereocenters. The molecular weight excluding hydrogens is 304 g/mol. The molecule has 0 aliphatic carbocycles. The van der Waals surface area contributed by atoms with Crippen LogP contribution in [-0.2, 0) is 0 Å². The molecule has 4 nitrogen and oxygen atoms in total. The summed E-state index contributed by atoms with van der Waals surface area (Å²) >= 11 is 7.83. The van der Waals surface area contributed by atoms with Crippen LogP contribution in [0.4, 0.5) is 11.5 Å². The summed E-state index contributed by atoms with van der Waals surface area (Å²) in [4.78, 5) is 13.2. The summed E-state index contributed by atoms with van der Waals surface area (Å²) in [5, 5.41) is 3.83.